The fourth-order valence-electron chi connectivity index (χ4n) is 2.29. The number of aliphatic carboxylic acids is 1. The fourth-order valence-corrected chi connectivity index (χ4v) is 2.29. The summed E-state index contributed by atoms with van der Waals surface area (Å²) < 4.78 is 10.7. The van der Waals surface area contributed by atoms with Crippen molar-refractivity contribution in [3.8, 4) is 0 Å². The molecular formula is C14H22N2O4. The van der Waals surface area contributed by atoms with Gasteiger partial charge in [-0.15, -0.1) is 0 Å². The Bertz CT molecular complexity index is 465. The minimum atomic E-state index is -0.895. The van der Waals surface area contributed by atoms with Crippen LogP contribution in [0.15, 0.2) is 4.52 Å². The van der Waals surface area contributed by atoms with Gasteiger partial charge in [-0.05, 0) is 25.7 Å². The molecule has 0 spiro atoms. The lowest BCUT2D eigenvalue weighted by Crippen LogP contribution is -2.35. The number of hydrogen-bond acceptors (Lipinski definition) is 5. The van der Waals surface area contributed by atoms with Crippen molar-refractivity contribution in [1.29, 1.82) is 0 Å². The molecule has 0 aliphatic carbocycles. The van der Waals surface area contributed by atoms with Crippen molar-refractivity contribution in [3.63, 3.8) is 0 Å². The number of carboxylic acids is 1. The van der Waals surface area contributed by atoms with Crippen LogP contribution in [0.4, 0.5) is 0 Å². The van der Waals surface area contributed by atoms with Crippen LogP contribution in [0.1, 0.15) is 45.3 Å². The lowest BCUT2D eigenvalue weighted by Gasteiger charge is -2.27. The van der Waals surface area contributed by atoms with Gasteiger partial charge in [0.05, 0.1) is 11.5 Å². The van der Waals surface area contributed by atoms with Gasteiger partial charge in [0.2, 0.25) is 5.89 Å². The average Bonchev–Trinajstić information content (AvgIpc) is 3.01. The largest absolute Gasteiger partial charge is 0.481 e. The van der Waals surface area contributed by atoms with E-state index < -0.39 is 11.4 Å². The minimum absolute atomic E-state index is 0.0199. The molecule has 1 fully saturated rings. The van der Waals surface area contributed by atoms with E-state index in [1.165, 1.54) is 0 Å². The minimum Gasteiger partial charge on any atom is -0.481 e. The second-order valence-corrected chi connectivity index (χ2v) is 6.00. The molecule has 2 rings (SSSR count). The number of carboxylic acid groups (broad SMARTS) is 1. The smallest absolute Gasteiger partial charge is 0.310 e. The summed E-state index contributed by atoms with van der Waals surface area (Å²) >= 11 is 0. The number of hydrogen-bond donors (Lipinski definition) is 1. The molecule has 0 aromatic carbocycles. The molecule has 2 unspecified atom stereocenters. The van der Waals surface area contributed by atoms with E-state index in [-0.39, 0.29) is 18.4 Å². The van der Waals surface area contributed by atoms with E-state index in [9.17, 15) is 9.90 Å². The third-order valence-electron chi connectivity index (χ3n) is 4.23. The van der Waals surface area contributed by atoms with Crippen molar-refractivity contribution in [1.82, 2.24) is 10.1 Å². The van der Waals surface area contributed by atoms with Crippen molar-refractivity contribution in [2.24, 2.45) is 11.3 Å². The van der Waals surface area contributed by atoms with E-state index in [0.717, 1.165) is 19.4 Å². The first-order chi connectivity index (χ1) is 9.41. The zero-order valence-corrected chi connectivity index (χ0v) is 12.3. The molecule has 1 aliphatic heterocycles. The maximum Gasteiger partial charge on any atom is 0.310 e. The predicted octanol–water partition coefficient (Wildman–Crippen LogP) is 2.08. The van der Waals surface area contributed by atoms with Gasteiger partial charge in [-0.25, -0.2) is 0 Å². The number of carbonyl (C=O) groups is 1. The monoisotopic (exact) mass is 282 g/mol. The molecule has 0 radical (unpaired) electrons. The lowest BCUT2D eigenvalue weighted by molar-refractivity contribution is -0.150. The van der Waals surface area contributed by atoms with E-state index in [0.29, 0.717) is 18.1 Å². The molecule has 2 heterocycles. The van der Waals surface area contributed by atoms with Gasteiger partial charge in [-0.1, -0.05) is 19.0 Å². The Morgan fingerprint density at radius 3 is 2.85 bits per heavy atom. The molecule has 1 N–H and O–H groups in total. The zero-order chi connectivity index (χ0) is 14.8. The summed E-state index contributed by atoms with van der Waals surface area (Å²) in [6.45, 7) is 6.28. The van der Waals surface area contributed by atoms with Crippen LogP contribution in [0.3, 0.4) is 0 Å². The number of nitrogens with zero attached hydrogens (tertiary/aromatic N) is 2. The third-order valence-corrected chi connectivity index (χ3v) is 4.23. The molecule has 112 valence electrons. The number of ether oxygens (including phenoxy) is 1. The quantitative estimate of drug-likeness (QED) is 0.859. The summed E-state index contributed by atoms with van der Waals surface area (Å²) in [5.74, 6) is 0.125. The molecule has 1 aromatic heterocycles. The van der Waals surface area contributed by atoms with Crippen LogP contribution in [-0.4, -0.2) is 33.9 Å². The van der Waals surface area contributed by atoms with Gasteiger partial charge in [0, 0.05) is 19.4 Å². The molecule has 6 heteroatoms. The van der Waals surface area contributed by atoms with Gasteiger partial charge < -0.3 is 14.4 Å². The van der Waals surface area contributed by atoms with Crippen molar-refractivity contribution in [2.45, 2.75) is 52.6 Å². The summed E-state index contributed by atoms with van der Waals surface area (Å²) in [4.78, 5) is 15.7. The van der Waals surface area contributed by atoms with Crippen molar-refractivity contribution < 1.29 is 19.2 Å². The zero-order valence-electron chi connectivity index (χ0n) is 12.3. The highest BCUT2D eigenvalue weighted by Gasteiger charge is 2.38. The Kier molecular flexibility index (Phi) is 4.42. The Morgan fingerprint density at radius 2 is 2.30 bits per heavy atom. The highest BCUT2D eigenvalue weighted by molar-refractivity contribution is 5.74. The summed E-state index contributed by atoms with van der Waals surface area (Å²) in [5, 5.41) is 13.3. The van der Waals surface area contributed by atoms with E-state index in [1.54, 1.807) is 6.92 Å². The second-order valence-electron chi connectivity index (χ2n) is 6.00. The Labute approximate surface area is 118 Å². The second kappa shape index (κ2) is 5.91. The predicted molar refractivity (Wildman–Crippen MR) is 71.3 cm³/mol. The van der Waals surface area contributed by atoms with Gasteiger partial charge in [0.15, 0.2) is 5.82 Å². The summed E-state index contributed by atoms with van der Waals surface area (Å²) in [5.41, 5.74) is -0.895. The molecule has 20 heavy (non-hydrogen) atoms. The molecule has 0 saturated carbocycles. The maximum absolute atomic E-state index is 11.4. The van der Waals surface area contributed by atoms with E-state index in [4.69, 9.17) is 9.26 Å². The molecule has 1 saturated heterocycles. The highest BCUT2D eigenvalue weighted by atomic mass is 16.5. The van der Waals surface area contributed by atoms with Gasteiger partial charge in [-0.2, -0.15) is 4.98 Å². The standard InChI is InChI=1S/C14H22N2O4/c1-9(2)14(3,13(17)18)8-12-15-11(16-20-12)7-10-5-4-6-19-10/h9-10H,4-8H2,1-3H3,(H,17,18). The maximum atomic E-state index is 11.4. The normalized spacial score (nSPS) is 22.1. The molecule has 0 amide bonds. The SMILES string of the molecule is CC(C)C(C)(Cc1nc(CC2CCCO2)no1)C(=O)O. The van der Waals surface area contributed by atoms with Gasteiger partial charge in [0.1, 0.15) is 0 Å². The fraction of sp³-hybridized carbons (Fsp3) is 0.786. The Balaban J connectivity index is 2.02. The Hall–Kier alpha value is -1.43. The summed E-state index contributed by atoms with van der Waals surface area (Å²) in [7, 11) is 0. The van der Waals surface area contributed by atoms with Gasteiger partial charge in [0.25, 0.3) is 0 Å². The van der Waals surface area contributed by atoms with Crippen LogP contribution >= 0.6 is 0 Å². The molecule has 2 atom stereocenters. The van der Waals surface area contributed by atoms with Crippen molar-refractivity contribution in [2.75, 3.05) is 6.61 Å². The Morgan fingerprint density at radius 1 is 1.55 bits per heavy atom. The molecule has 1 aromatic rings. The summed E-state index contributed by atoms with van der Waals surface area (Å²) in [6, 6.07) is 0. The third kappa shape index (κ3) is 3.17. The molecule has 1 aliphatic rings. The molecule has 0 bridgehead atoms. The van der Waals surface area contributed by atoms with Crippen LogP contribution in [0.25, 0.3) is 0 Å². The van der Waals surface area contributed by atoms with Crippen LogP contribution in [-0.2, 0) is 22.4 Å². The lowest BCUT2D eigenvalue weighted by atomic mass is 9.76. The molecular weight excluding hydrogens is 260 g/mol. The van der Waals surface area contributed by atoms with E-state index in [2.05, 4.69) is 10.1 Å². The first-order valence-corrected chi connectivity index (χ1v) is 7.08. The van der Waals surface area contributed by atoms with Crippen LogP contribution < -0.4 is 0 Å². The number of rotatable bonds is 6. The first kappa shape index (κ1) is 15.0. The average molecular weight is 282 g/mol. The van der Waals surface area contributed by atoms with Crippen molar-refractivity contribution >= 4 is 5.97 Å². The highest BCUT2D eigenvalue weighted by Crippen LogP contribution is 2.31. The van der Waals surface area contributed by atoms with Crippen LogP contribution in [0.2, 0.25) is 0 Å². The van der Waals surface area contributed by atoms with E-state index in [1.807, 2.05) is 13.8 Å². The van der Waals surface area contributed by atoms with Crippen LogP contribution in [0.5, 0.6) is 0 Å². The summed E-state index contributed by atoms with van der Waals surface area (Å²) in [6.07, 6.45) is 3.13. The number of aromatic nitrogens is 2. The van der Waals surface area contributed by atoms with Crippen molar-refractivity contribution in [3.05, 3.63) is 11.7 Å². The van der Waals surface area contributed by atoms with Gasteiger partial charge >= 0.3 is 5.97 Å². The van der Waals surface area contributed by atoms with Crippen LogP contribution in [0, 0.1) is 11.3 Å². The first-order valence-electron chi connectivity index (χ1n) is 7.08. The topological polar surface area (TPSA) is 85.5 Å². The van der Waals surface area contributed by atoms with E-state index >= 15 is 0 Å². The molecule has 6 nitrogen and oxygen atoms in total. The van der Waals surface area contributed by atoms with Gasteiger partial charge in [-0.3, -0.25) is 4.79 Å².